The van der Waals surface area contributed by atoms with Crippen molar-refractivity contribution in [3.05, 3.63) is 60.2 Å². The fourth-order valence-corrected chi connectivity index (χ4v) is 2.44. The van der Waals surface area contributed by atoms with Gasteiger partial charge >= 0.3 is 5.97 Å². The molecule has 0 unspecified atom stereocenters. The highest BCUT2D eigenvalue weighted by Crippen LogP contribution is 2.18. The Morgan fingerprint density at radius 1 is 0.958 bits per heavy atom. The second kappa shape index (κ2) is 8.15. The number of hydrogen-bond donors (Lipinski definition) is 1. The summed E-state index contributed by atoms with van der Waals surface area (Å²) in [5.41, 5.74) is 2.73. The number of para-hydroxylation sites is 1. The number of carbonyl (C=O) groups is 2. The van der Waals surface area contributed by atoms with E-state index in [-0.39, 0.29) is 18.9 Å². The van der Waals surface area contributed by atoms with Crippen molar-refractivity contribution in [2.45, 2.75) is 12.8 Å². The van der Waals surface area contributed by atoms with E-state index in [4.69, 9.17) is 5.11 Å². The van der Waals surface area contributed by atoms with Gasteiger partial charge in [0.05, 0.1) is 0 Å². The van der Waals surface area contributed by atoms with Gasteiger partial charge in [0.2, 0.25) is 5.91 Å². The fourth-order valence-electron chi connectivity index (χ4n) is 2.44. The average molecular weight is 326 g/mol. The summed E-state index contributed by atoms with van der Waals surface area (Å²) in [5.74, 6) is -1.22. The SMILES string of the molecule is CN(C)c1cccc(CCC(=O)N(CC(=O)O)c2ccccc2)c1. The average Bonchev–Trinajstić information content (AvgIpc) is 2.58. The Labute approximate surface area is 142 Å². The summed E-state index contributed by atoms with van der Waals surface area (Å²) in [6, 6.07) is 16.9. The van der Waals surface area contributed by atoms with E-state index >= 15 is 0 Å². The van der Waals surface area contributed by atoms with Crippen LogP contribution in [-0.2, 0) is 16.0 Å². The Balaban J connectivity index is 2.08. The van der Waals surface area contributed by atoms with Gasteiger partial charge in [0.15, 0.2) is 0 Å². The van der Waals surface area contributed by atoms with E-state index in [9.17, 15) is 9.59 Å². The first kappa shape index (κ1) is 17.5. The molecule has 0 fully saturated rings. The van der Waals surface area contributed by atoms with Crippen LogP contribution in [-0.4, -0.2) is 37.6 Å². The Bertz CT molecular complexity index is 699. The maximum absolute atomic E-state index is 12.5. The monoisotopic (exact) mass is 326 g/mol. The molecule has 1 amide bonds. The highest BCUT2D eigenvalue weighted by atomic mass is 16.4. The molecule has 0 aliphatic heterocycles. The maximum Gasteiger partial charge on any atom is 0.323 e. The molecule has 1 N–H and O–H groups in total. The predicted octanol–water partition coefficient (Wildman–Crippen LogP) is 2.80. The van der Waals surface area contributed by atoms with E-state index in [1.54, 1.807) is 24.3 Å². The summed E-state index contributed by atoms with van der Waals surface area (Å²) >= 11 is 0. The molecule has 2 aromatic carbocycles. The van der Waals surface area contributed by atoms with E-state index in [0.29, 0.717) is 12.1 Å². The van der Waals surface area contributed by atoms with Gasteiger partial charge in [-0.25, -0.2) is 0 Å². The Kier molecular flexibility index (Phi) is 5.95. The molecule has 0 aliphatic rings. The Hall–Kier alpha value is -2.82. The normalized spacial score (nSPS) is 10.2. The van der Waals surface area contributed by atoms with Gasteiger partial charge in [-0.05, 0) is 36.2 Å². The van der Waals surface area contributed by atoms with Crippen molar-refractivity contribution in [1.82, 2.24) is 0 Å². The van der Waals surface area contributed by atoms with Gasteiger partial charge in [-0.15, -0.1) is 0 Å². The lowest BCUT2D eigenvalue weighted by Gasteiger charge is -2.21. The third kappa shape index (κ3) is 4.84. The van der Waals surface area contributed by atoms with Crippen LogP contribution >= 0.6 is 0 Å². The minimum absolute atomic E-state index is 0.196. The van der Waals surface area contributed by atoms with Crippen molar-refractivity contribution >= 4 is 23.3 Å². The van der Waals surface area contributed by atoms with Crippen LogP contribution in [0.15, 0.2) is 54.6 Å². The largest absolute Gasteiger partial charge is 0.480 e. The van der Waals surface area contributed by atoms with Crippen LogP contribution in [0, 0.1) is 0 Å². The summed E-state index contributed by atoms with van der Waals surface area (Å²) in [6.45, 7) is -0.333. The summed E-state index contributed by atoms with van der Waals surface area (Å²) < 4.78 is 0. The van der Waals surface area contributed by atoms with E-state index in [1.807, 2.05) is 49.3 Å². The van der Waals surface area contributed by atoms with Gasteiger partial charge in [0.25, 0.3) is 0 Å². The summed E-state index contributed by atoms with van der Waals surface area (Å²) in [4.78, 5) is 26.9. The number of rotatable bonds is 7. The smallest absolute Gasteiger partial charge is 0.323 e. The molecular weight excluding hydrogens is 304 g/mol. The fraction of sp³-hybridized carbons (Fsp3) is 0.263. The van der Waals surface area contributed by atoms with Crippen LogP contribution in [0.4, 0.5) is 11.4 Å². The summed E-state index contributed by atoms with van der Waals surface area (Å²) in [5, 5.41) is 9.08. The minimum atomic E-state index is -1.03. The molecule has 0 saturated carbocycles. The number of aliphatic carboxylic acids is 1. The molecule has 2 rings (SSSR count). The Morgan fingerprint density at radius 3 is 2.25 bits per heavy atom. The lowest BCUT2D eigenvalue weighted by atomic mass is 10.1. The number of hydrogen-bond acceptors (Lipinski definition) is 3. The lowest BCUT2D eigenvalue weighted by molar-refractivity contribution is -0.136. The van der Waals surface area contributed by atoms with Gasteiger partial charge in [-0.2, -0.15) is 0 Å². The number of benzene rings is 2. The standard InChI is InChI=1S/C19H22N2O3/c1-20(2)17-10-6-7-15(13-17)11-12-18(22)21(14-19(23)24)16-8-4-3-5-9-16/h3-10,13H,11-12,14H2,1-2H3,(H,23,24). The first-order chi connectivity index (χ1) is 11.5. The molecule has 24 heavy (non-hydrogen) atoms. The quantitative estimate of drug-likeness (QED) is 0.850. The zero-order valence-corrected chi connectivity index (χ0v) is 14.0. The molecule has 0 spiro atoms. The van der Waals surface area contributed by atoms with Crippen molar-refractivity contribution in [3.63, 3.8) is 0 Å². The van der Waals surface area contributed by atoms with E-state index in [2.05, 4.69) is 0 Å². The zero-order chi connectivity index (χ0) is 17.5. The van der Waals surface area contributed by atoms with Crippen LogP contribution in [0.2, 0.25) is 0 Å². The second-order valence-corrected chi connectivity index (χ2v) is 5.77. The van der Waals surface area contributed by atoms with Gasteiger partial charge < -0.3 is 14.9 Å². The maximum atomic E-state index is 12.5. The molecule has 0 aliphatic carbocycles. The highest BCUT2D eigenvalue weighted by molar-refractivity contribution is 5.97. The van der Waals surface area contributed by atoms with Crippen LogP contribution in [0.3, 0.4) is 0 Å². The number of carboxylic acid groups (broad SMARTS) is 1. The first-order valence-electron chi connectivity index (χ1n) is 7.81. The number of aryl methyl sites for hydroxylation is 1. The van der Waals surface area contributed by atoms with Crippen LogP contribution < -0.4 is 9.80 Å². The van der Waals surface area contributed by atoms with Crippen LogP contribution in [0.1, 0.15) is 12.0 Å². The highest BCUT2D eigenvalue weighted by Gasteiger charge is 2.18. The lowest BCUT2D eigenvalue weighted by Crippen LogP contribution is -2.35. The number of carboxylic acids is 1. The van der Waals surface area contributed by atoms with Crippen molar-refractivity contribution in [2.24, 2.45) is 0 Å². The third-order valence-corrected chi connectivity index (χ3v) is 3.72. The molecule has 0 atom stereocenters. The summed E-state index contributed by atoms with van der Waals surface area (Å²) in [6.07, 6.45) is 0.836. The Morgan fingerprint density at radius 2 is 1.62 bits per heavy atom. The predicted molar refractivity (Wildman–Crippen MR) is 95.5 cm³/mol. The number of carbonyl (C=O) groups excluding carboxylic acids is 1. The van der Waals surface area contributed by atoms with E-state index < -0.39 is 5.97 Å². The first-order valence-corrected chi connectivity index (χ1v) is 7.81. The van der Waals surface area contributed by atoms with Crippen LogP contribution in [0.25, 0.3) is 0 Å². The molecule has 0 heterocycles. The minimum Gasteiger partial charge on any atom is -0.480 e. The van der Waals surface area contributed by atoms with Crippen molar-refractivity contribution in [3.8, 4) is 0 Å². The molecule has 2 aromatic rings. The third-order valence-electron chi connectivity index (χ3n) is 3.72. The molecule has 5 heteroatoms. The zero-order valence-electron chi connectivity index (χ0n) is 14.0. The molecule has 0 aromatic heterocycles. The van der Waals surface area contributed by atoms with Crippen LogP contribution in [0.5, 0.6) is 0 Å². The number of amides is 1. The van der Waals surface area contributed by atoms with Gasteiger partial charge in [0, 0.05) is 31.9 Å². The molecule has 0 bridgehead atoms. The topological polar surface area (TPSA) is 60.9 Å². The van der Waals surface area contributed by atoms with Gasteiger partial charge in [0.1, 0.15) is 6.54 Å². The molecule has 5 nitrogen and oxygen atoms in total. The number of anilines is 2. The van der Waals surface area contributed by atoms with Crippen molar-refractivity contribution in [1.29, 1.82) is 0 Å². The second-order valence-electron chi connectivity index (χ2n) is 5.77. The summed E-state index contributed by atoms with van der Waals surface area (Å²) in [7, 11) is 3.93. The van der Waals surface area contributed by atoms with Crippen molar-refractivity contribution in [2.75, 3.05) is 30.4 Å². The number of nitrogens with zero attached hydrogens (tertiary/aromatic N) is 2. The molecular formula is C19H22N2O3. The van der Waals surface area contributed by atoms with E-state index in [1.165, 1.54) is 4.90 Å². The van der Waals surface area contributed by atoms with E-state index in [0.717, 1.165) is 11.3 Å². The van der Waals surface area contributed by atoms with Crippen molar-refractivity contribution < 1.29 is 14.7 Å². The molecule has 0 saturated heterocycles. The van der Waals surface area contributed by atoms with Gasteiger partial charge in [-0.1, -0.05) is 30.3 Å². The molecule has 126 valence electrons. The van der Waals surface area contributed by atoms with Gasteiger partial charge in [-0.3, -0.25) is 9.59 Å². The molecule has 0 radical (unpaired) electrons.